The quantitative estimate of drug-likeness (QED) is 0.713. The van der Waals surface area contributed by atoms with Gasteiger partial charge in [-0.1, -0.05) is 0 Å². The standard InChI is InChI=1S/C15H23FN2O3/c1-15(2,10-17)18-14(19)11-4-5-13(16)12(8-11)9-21-7-6-20-3/h4-5,8H,6-7,9-10,17H2,1-3H3,(H,18,19). The first-order valence-corrected chi connectivity index (χ1v) is 6.77. The van der Waals surface area contributed by atoms with Gasteiger partial charge in [0.05, 0.1) is 19.8 Å². The Kier molecular flexibility index (Phi) is 6.74. The molecular weight excluding hydrogens is 275 g/mol. The number of rotatable bonds is 8. The molecule has 0 aliphatic rings. The molecule has 0 spiro atoms. The minimum absolute atomic E-state index is 0.0938. The number of halogens is 1. The van der Waals surface area contributed by atoms with Crippen molar-refractivity contribution in [2.75, 3.05) is 26.9 Å². The number of nitrogens with one attached hydrogen (secondary N) is 1. The molecule has 0 saturated heterocycles. The lowest BCUT2D eigenvalue weighted by atomic mass is 10.0. The average molecular weight is 298 g/mol. The fraction of sp³-hybridized carbons (Fsp3) is 0.533. The highest BCUT2D eigenvalue weighted by Gasteiger charge is 2.19. The van der Waals surface area contributed by atoms with E-state index in [1.165, 1.54) is 18.2 Å². The molecular formula is C15H23FN2O3. The molecule has 5 nitrogen and oxygen atoms in total. The van der Waals surface area contributed by atoms with Crippen LogP contribution in [0, 0.1) is 5.82 Å². The fourth-order valence-corrected chi connectivity index (χ4v) is 1.58. The number of methoxy groups -OCH3 is 1. The van der Waals surface area contributed by atoms with Crippen LogP contribution in [-0.2, 0) is 16.1 Å². The van der Waals surface area contributed by atoms with E-state index in [4.69, 9.17) is 15.2 Å². The Morgan fingerprint density at radius 2 is 2.10 bits per heavy atom. The third-order valence-corrected chi connectivity index (χ3v) is 2.96. The molecule has 0 fully saturated rings. The van der Waals surface area contributed by atoms with E-state index in [-0.39, 0.29) is 12.5 Å². The molecule has 3 N–H and O–H groups in total. The zero-order valence-electron chi connectivity index (χ0n) is 12.7. The van der Waals surface area contributed by atoms with Gasteiger partial charge in [0, 0.05) is 30.3 Å². The van der Waals surface area contributed by atoms with Crippen molar-refractivity contribution in [3.63, 3.8) is 0 Å². The van der Waals surface area contributed by atoms with Crippen LogP contribution in [0.5, 0.6) is 0 Å². The second-order valence-electron chi connectivity index (χ2n) is 5.39. The molecule has 0 aliphatic carbocycles. The Morgan fingerprint density at radius 1 is 1.38 bits per heavy atom. The maximum absolute atomic E-state index is 13.7. The van der Waals surface area contributed by atoms with Crippen LogP contribution in [0.2, 0.25) is 0 Å². The lowest BCUT2D eigenvalue weighted by Crippen LogP contribution is -2.48. The first kappa shape index (κ1) is 17.6. The number of nitrogens with two attached hydrogens (primary N) is 1. The first-order chi connectivity index (χ1) is 9.89. The summed E-state index contributed by atoms with van der Waals surface area (Å²) >= 11 is 0. The SMILES string of the molecule is COCCOCc1cc(C(=O)NC(C)(C)CN)ccc1F. The largest absolute Gasteiger partial charge is 0.382 e. The van der Waals surface area contributed by atoms with Crippen molar-refractivity contribution in [1.29, 1.82) is 0 Å². The van der Waals surface area contributed by atoms with Crippen LogP contribution in [0.15, 0.2) is 18.2 Å². The van der Waals surface area contributed by atoms with Gasteiger partial charge < -0.3 is 20.5 Å². The van der Waals surface area contributed by atoms with Gasteiger partial charge in [0.1, 0.15) is 5.82 Å². The minimum Gasteiger partial charge on any atom is -0.382 e. The van der Waals surface area contributed by atoms with Gasteiger partial charge in [0.15, 0.2) is 0 Å². The molecule has 1 aromatic rings. The van der Waals surface area contributed by atoms with Crippen LogP contribution in [0.1, 0.15) is 29.8 Å². The van der Waals surface area contributed by atoms with E-state index < -0.39 is 11.4 Å². The molecule has 1 rings (SSSR count). The van der Waals surface area contributed by atoms with Gasteiger partial charge in [-0.3, -0.25) is 4.79 Å². The van der Waals surface area contributed by atoms with Crippen molar-refractivity contribution in [2.24, 2.45) is 5.73 Å². The third-order valence-electron chi connectivity index (χ3n) is 2.96. The number of ether oxygens (including phenoxy) is 2. The number of carbonyl (C=O) groups excluding carboxylic acids is 1. The zero-order valence-corrected chi connectivity index (χ0v) is 12.7. The molecule has 0 bridgehead atoms. The molecule has 0 unspecified atom stereocenters. The highest BCUT2D eigenvalue weighted by molar-refractivity contribution is 5.94. The summed E-state index contributed by atoms with van der Waals surface area (Å²) in [7, 11) is 1.56. The molecule has 118 valence electrons. The maximum Gasteiger partial charge on any atom is 0.251 e. The molecule has 0 heterocycles. The number of hydrogen-bond donors (Lipinski definition) is 2. The average Bonchev–Trinajstić information content (AvgIpc) is 2.44. The predicted molar refractivity (Wildman–Crippen MR) is 78.5 cm³/mol. The summed E-state index contributed by atoms with van der Waals surface area (Å²) < 4.78 is 23.8. The highest BCUT2D eigenvalue weighted by Crippen LogP contribution is 2.13. The van der Waals surface area contributed by atoms with Crippen LogP contribution in [0.25, 0.3) is 0 Å². The maximum atomic E-state index is 13.7. The summed E-state index contributed by atoms with van der Waals surface area (Å²) in [6, 6.07) is 4.19. The molecule has 21 heavy (non-hydrogen) atoms. The van der Waals surface area contributed by atoms with E-state index in [0.29, 0.717) is 30.9 Å². The van der Waals surface area contributed by atoms with E-state index in [1.807, 2.05) is 13.8 Å². The van der Waals surface area contributed by atoms with Crippen molar-refractivity contribution >= 4 is 5.91 Å². The van der Waals surface area contributed by atoms with Crippen LogP contribution in [-0.4, -0.2) is 38.3 Å². The van der Waals surface area contributed by atoms with E-state index in [9.17, 15) is 9.18 Å². The number of hydrogen-bond acceptors (Lipinski definition) is 4. The minimum atomic E-state index is -0.513. The van der Waals surface area contributed by atoms with Crippen molar-refractivity contribution < 1.29 is 18.7 Å². The summed E-state index contributed by atoms with van der Waals surface area (Å²) in [4.78, 5) is 12.1. The third kappa shape index (κ3) is 5.79. The van der Waals surface area contributed by atoms with Gasteiger partial charge in [-0.15, -0.1) is 0 Å². The molecule has 0 radical (unpaired) electrons. The number of carbonyl (C=O) groups is 1. The Balaban J connectivity index is 2.74. The number of benzene rings is 1. The molecule has 0 atom stereocenters. The second-order valence-corrected chi connectivity index (χ2v) is 5.39. The monoisotopic (exact) mass is 298 g/mol. The molecule has 0 aromatic heterocycles. The van der Waals surface area contributed by atoms with Crippen molar-refractivity contribution in [1.82, 2.24) is 5.32 Å². The van der Waals surface area contributed by atoms with Gasteiger partial charge in [0.25, 0.3) is 5.91 Å². The smallest absolute Gasteiger partial charge is 0.251 e. The second kappa shape index (κ2) is 8.07. The van der Waals surface area contributed by atoms with Crippen LogP contribution < -0.4 is 11.1 Å². The summed E-state index contributed by atoms with van der Waals surface area (Å²) in [6.45, 7) is 4.86. The summed E-state index contributed by atoms with van der Waals surface area (Å²) in [5.74, 6) is -0.689. The highest BCUT2D eigenvalue weighted by atomic mass is 19.1. The van der Waals surface area contributed by atoms with Crippen molar-refractivity contribution in [2.45, 2.75) is 26.0 Å². The fourth-order valence-electron chi connectivity index (χ4n) is 1.58. The summed E-state index contributed by atoms with van der Waals surface area (Å²) in [5.41, 5.74) is 5.78. The Labute approximate surface area is 124 Å². The zero-order chi connectivity index (χ0) is 15.9. The summed E-state index contributed by atoms with van der Waals surface area (Å²) in [5, 5.41) is 2.80. The summed E-state index contributed by atoms with van der Waals surface area (Å²) in [6.07, 6.45) is 0. The lowest BCUT2D eigenvalue weighted by Gasteiger charge is -2.24. The Bertz CT molecular complexity index is 478. The van der Waals surface area contributed by atoms with Crippen molar-refractivity contribution in [3.8, 4) is 0 Å². The molecule has 0 aliphatic heterocycles. The van der Waals surface area contributed by atoms with Crippen LogP contribution in [0.3, 0.4) is 0 Å². The van der Waals surface area contributed by atoms with E-state index in [2.05, 4.69) is 5.32 Å². The molecule has 0 saturated carbocycles. The van der Waals surface area contributed by atoms with Crippen molar-refractivity contribution in [3.05, 3.63) is 35.1 Å². The molecule has 1 aromatic carbocycles. The topological polar surface area (TPSA) is 73.6 Å². The van der Waals surface area contributed by atoms with Gasteiger partial charge in [-0.05, 0) is 32.0 Å². The molecule has 1 amide bonds. The lowest BCUT2D eigenvalue weighted by molar-refractivity contribution is 0.0603. The van der Waals surface area contributed by atoms with Crippen LogP contribution in [0.4, 0.5) is 4.39 Å². The van der Waals surface area contributed by atoms with E-state index in [1.54, 1.807) is 7.11 Å². The van der Waals surface area contributed by atoms with E-state index >= 15 is 0 Å². The Hall–Kier alpha value is -1.50. The van der Waals surface area contributed by atoms with E-state index in [0.717, 1.165) is 0 Å². The van der Waals surface area contributed by atoms with Gasteiger partial charge in [-0.25, -0.2) is 4.39 Å². The van der Waals surface area contributed by atoms with Gasteiger partial charge in [-0.2, -0.15) is 0 Å². The van der Waals surface area contributed by atoms with Gasteiger partial charge in [0.2, 0.25) is 0 Å². The molecule has 6 heteroatoms. The first-order valence-electron chi connectivity index (χ1n) is 6.77. The Morgan fingerprint density at radius 3 is 2.71 bits per heavy atom. The predicted octanol–water partition coefficient (Wildman–Crippen LogP) is 1.46. The van der Waals surface area contributed by atoms with Crippen LogP contribution >= 0.6 is 0 Å². The van der Waals surface area contributed by atoms with Gasteiger partial charge >= 0.3 is 0 Å². The number of amides is 1. The normalized spacial score (nSPS) is 11.5.